The molecule has 0 unspecified atom stereocenters. The fourth-order valence-electron chi connectivity index (χ4n) is 3.79. The van der Waals surface area contributed by atoms with E-state index in [-0.39, 0.29) is 13.1 Å². The molecule has 3 heterocycles. The normalized spacial score (nSPS) is 18.4. The lowest BCUT2D eigenvalue weighted by atomic mass is 10.3. The summed E-state index contributed by atoms with van der Waals surface area (Å²) in [5.74, 6) is 0.457. The topological polar surface area (TPSA) is 69.6 Å². The molecule has 0 atom stereocenters. The number of hydrogen-bond acceptors (Lipinski definition) is 6. The molecule has 2 saturated heterocycles. The molecule has 2 aliphatic rings. The highest BCUT2D eigenvalue weighted by Crippen LogP contribution is 2.25. The summed E-state index contributed by atoms with van der Waals surface area (Å²) in [7, 11) is -4.02. The number of rotatable bonds is 4. The van der Waals surface area contributed by atoms with Gasteiger partial charge >= 0.3 is 0 Å². The predicted molar refractivity (Wildman–Crippen MR) is 106 cm³/mol. The van der Waals surface area contributed by atoms with Crippen LogP contribution in [0.3, 0.4) is 0 Å². The van der Waals surface area contributed by atoms with Crippen LogP contribution in [-0.2, 0) is 10.0 Å². The molecule has 29 heavy (non-hydrogen) atoms. The predicted octanol–water partition coefficient (Wildman–Crippen LogP) is 2.17. The lowest BCUT2D eigenvalue weighted by Crippen LogP contribution is -2.49. The second-order valence-electron chi connectivity index (χ2n) is 7.29. The number of benzene rings is 1. The van der Waals surface area contributed by atoms with Crippen LogP contribution < -0.4 is 9.80 Å². The van der Waals surface area contributed by atoms with Crippen molar-refractivity contribution in [2.45, 2.75) is 24.7 Å². The van der Waals surface area contributed by atoms with E-state index in [9.17, 15) is 17.2 Å². The summed E-state index contributed by atoms with van der Waals surface area (Å²) < 4.78 is 53.9. The van der Waals surface area contributed by atoms with Crippen LogP contribution in [0.2, 0.25) is 0 Å². The number of sulfonamides is 1. The molecule has 0 amide bonds. The van der Waals surface area contributed by atoms with Gasteiger partial charge in [0.2, 0.25) is 10.0 Å². The molecule has 4 rings (SSSR count). The van der Waals surface area contributed by atoms with Crippen molar-refractivity contribution in [1.82, 2.24) is 14.3 Å². The number of aryl methyl sites for hydroxylation is 1. The van der Waals surface area contributed by atoms with Crippen molar-refractivity contribution in [3.63, 3.8) is 0 Å². The Labute approximate surface area is 169 Å². The first-order valence-corrected chi connectivity index (χ1v) is 11.1. The summed E-state index contributed by atoms with van der Waals surface area (Å²) in [4.78, 5) is 12.8. The van der Waals surface area contributed by atoms with Gasteiger partial charge in [-0.05, 0) is 31.9 Å². The van der Waals surface area contributed by atoms with E-state index < -0.39 is 26.6 Å². The lowest BCUT2D eigenvalue weighted by molar-refractivity contribution is 0.381. The van der Waals surface area contributed by atoms with E-state index >= 15 is 0 Å². The van der Waals surface area contributed by atoms with Crippen LogP contribution >= 0.6 is 0 Å². The minimum Gasteiger partial charge on any atom is -0.356 e. The molecule has 2 aromatic rings. The quantitative estimate of drug-likeness (QED) is 0.751. The van der Waals surface area contributed by atoms with Crippen molar-refractivity contribution < 1.29 is 17.2 Å². The maximum absolute atomic E-state index is 14.0. The number of halogens is 2. The maximum atomic E-state index is 14.0. The minimum absolute atomic E-state index is 0.196. The Bertz CT molecular complexity index is 1000. The molecule has 0 spiro atoms. The molecule has 0 N–H and O–H groups in total. The standard InChI is InChI=1S/C19H23F2N5O2S/c1-14-22-18(24-6-2-3-7-24)13-19(23-14)25-8-10-26(11-9-25)29(27,28)17-5-4-15(20)12-16(17)21/h4-5,12-13H,2-3,6-11H2,1H3. The van der Waals surface area contributed by atoms with E-state index in [1.807, 2.05) is 17.9 Å². The number of aromatic nitrogens is 2. The fourth-order valence-corrected chi connectivity index (χ4v) is 5.26. The SMILES string of the molecule is Cc1nc(N2CCCC2)cc(N2CCN(S(=O)(=O)c3ccc(F)cc3F)CC2)n1. The first-order valence-electron chi connectivity index (χ1n) is 9.65. The number of piperazine rings is 1. The van der Waals surface area contributed by atoms with Crippen LogP contribution in [0, 0.1) is 18.6 Å². The van der Waals surface area contributed by atoms with Crippen LogP contribution in [0.5, 0.6) is 0 Å². The van der Waals surface area contributed by atoms with Gasteiger partial charge in [0, 0.05) is 51.4 Å². The van der Waals surface area contributed by atoms with Crippen molar-refractivity contribution in [2.75, 3.05) is 49.1 Å². The minimum atomic E-state index is -4.02. The molecule has 0 bridgehead atoms. The van der Waals surface area contributed by atoms with E-state index in [0.717, 1.165) is 49.7 Å². The first-order chi connectivity index (χ1) is 13.8. The van der Waals surface area contributed by atoms with E-state index in [4.69, 9.17) is 0 Å². The molecule has 0 saturated carbocycles. The summed E-state index contributed by atoms with van der Waals surface area (Å²) in [6.07, 6.45) is 2.30. The molecular formula is C19H23F2N5O2S. The van der Waals surface area contributed by atoms with Gasteiger partial charge in [0.15, 0.2) is 0 Å². The summed E-state index contributed by atoms with van der Waals surface area (Å²) in [5.41, 5.74) is 0. The van der Waals surface area contributed by atoms with Gasteiger partial charge in [0.1, 0.15) is 34.0 Å². The van der Waals surface area contributed by atoms with Gasteiger partial charge < -0.3 is 9.80 Å². The van der Waals surface area contributed by atoms with Gasteiger partial charge in [-0.1, -0.05) is 0 Å². The monoisotopic (exact) mass is 423 g/mol. The zero-order valence-electron chi connectivity index (χ0n) is 16.2. The largest absolute Gasteiger partial charge is 0.356 e. The first kappa shape index (κ1) is 20.0. The molecule has 10 heteroatoms. The van der Waals surface area contributed by atoms with Gasteiger partial charge in [0.25, 0.3) is 0 Å². The Morgan fingerprint density at radius 1 is 0.862 bits per heavy atom. The van der Waals surface area contributed by atoms with Gasteiger partial charge in [-0.15, -0.1) is 0 Å². The lowest BCUT2D eigenvalue weighted by Gasteiger charge is -2.35. The molecule has 156 valence electrons. The van der Waals surface area contributed by atoms with E-state index in [2.05, 4.69) is 14.9 Å². The highest BCUT2D eigenvalue weighted by Gasteiger charge is 2.31. The third kappa shape index (κ3) is 4.04. The van der Waals surface area contributed by atoms with Crippen molar-refractivity contribution in [3.8, 4) is 0 Å². The molecular weight excluding hydrogens is 400 g/mol. The van der Waals surface area contributed by atoms with Gasteiger partial charge in [-0.2, -0.15) is 4.31 Å². The van der Waals surface area contributed by atoms with Crippen molar-refractivity contribution >= 4 is 21.7 Å². The van der Waals surface area contributed by atoms with Crippen LogP contribution in [0.4, 0.5) is 20.4 Å². The van der Waals surface area contributed by atoms with Crippen molar-refractivity contribution in [3.05, 3.63) is 41.7 Å². The van der Waals surface area contributed by atoms with E-state index in [1.165, 1.54) is 4.31 Å². The zero-order valence-corrected chi connectivity index (χ0v) is 17.0. The Morgan fingerprint density at radius 3 is 2.03 bits per heavy atom. The summed E-state index contributed by atoms with van der Waals surface area (Å²) in [6.45, 7) is 5.05. The average molecular weight is 423 g/mol. The average Bonchev–Trinajstić information content (AvgIpc) is 3.22. The Balaban J connectivity index is 1.49. The maximum Gasteiger partial charge on any atom is 0.246 e. The third-order valence-corrected chi connectivity index (χ3v) is 7.25. The molecule has 0 aliphatic carbocycles. The second kappa shape index (κ2) is 7.83. The van der Waals surface area contributed by atoms with E-state index in [1.54, 1.807) is 0 Å². The molecule has 1 aromatic carbocycles. The summed E-state index contributed by atoms with van der Waals surface area (Å²) in [5, 5.41) is 0. The molecule has 0 radical (unpaired) electrons. The molecule has 2 aliphatic heterocycles. The van der Waals surface area contributed by atoms with Gasteiger partial charge in [-0.3, -0.25) is 0 Å². The second-order valence-corrected chi connectivity index (χ2v) is 9.20. The van der Waals surface area contributed by atoms with Crippen molar-refractivity contribution in [2.24, 2.45) is 0 Å². The third-order valence-electron chi connectivity index (χ3n) is 5.32. The highest BCUT2D eigenvalue weighted by molar-refractivity contribution is 7.89. The van der Waals surface area contributed by atoms with Gasteiger partial charge in [0.05, 0.1) is 0 Å². The Kier molecular flexibility index (Phi) is 5.39. The highest BCUT2D eigenvalue weighted by atomic mass is 32.2. The molecule has 2 fully saturated rings. The Morgan fingerprint density at radius 2 is 1.45 bits per heavy atom. The number of nitrogens with zero attached hydrogens (tertiary/aromatic N) is 5. The number of hydrogen-bond donors (Lipinski definition) is 0. The van der Waals surface area contributed by atoms with Crippen LogP contribution in [0.1, 0.15) is 18.7 Å². The van der Waals surface area contributed by atoms with Crippen LogP contribution in [0.15, 0.2) is 29.2 Å². The van der Waals surface area contributed by atoms with E-state index in [0.29, 0.717) is 25.0 Å². The molecule has 1 aromatic heterocycles. The fraction of sp³-hybridized carbons (Fsp3) is 0.474. The van der Waals surface area contributed by atoms with Crippen LogP contribution in [-0.4, -0.2) is 62.0 Å². The summed E-state index contributed by atoms with van der Waals surface area (Å²) >= 11 is 0. The Hall–Kier alpha value is -2.33. The molecule has 7 nitrogen and oxygen atoms in total. The smallest absolute Gasteiger partial charge is 0.246 e. The number of anilines is 2. The van der Waals surface area contributed by atoms with Crippen LogP contribution in [0.25, 0.3) is 0 Å². The van der Waals surface area contributed by atoms with Crippen molar-refractivity contribution in [1.29, 1.82) is 0 Å². The van der Waals surface area contributed by atoms with Gasteiger partial charge in [-0.25, -0.2) is 27.2 Å². The zero-order chi connectivity index (χ0) is 20.6. The summed E-state index contributed by atoms with van der Waals surface area (Å²) in [6, 6.07) is 4.47.